The number of benzene rings is 1. The summed E-state index contributed by atoms with van der Waals surface area (Å²) in [5.41, 5.74) is 0.784. The van der Waals surface area contributed by atoms with Gasteiger partial charge < -0.3 is 15.3 Å². The average Bonchev–Trinajstić information content (AvgIpc) is 2.47. The Bertz CT molecular complexity index is 492. The summed E-state index contributed by atoms with van der Waals surface area (Å²) < 4.78 is 0. The van der Waals surface area contributed by atoms with E-state index in [9.17, 15) is 15.2 Å². The number of hydrogen-bond donors (Lipinski definition) is 2. The molecule has 1 aromatic rings. The van der Waals surface area contributed by atoms with Crippen molar-refractivity contribution in [2.45, 2.75) is 12.8 Å². The van der Waals surface area contributed by atoms with Crippen molar-refractivity contribution < 1.29 is 10.0 Å². The number of aliphatic hydroxyl groups is 1. The van der Waals surface area contributed by atoms with Gasteiger partial charge >= 0.3 is 0 Å². The maximum atomic E-state index is 10.6. The van der Waals surface area contributed by atoms with Crippen molar-refractivity contribution in [3.8, 4) is 0 Å². The van der Waals surface area contributed by atoms with Crippen LogP contribution in [0.15, 0.2) is 24.3 Å². The second-order valence-corrected chi connectivity index (χ2v) is 5.26. The number of aliphatic hydroxyl groups excluding tert-OH is 1. The van der Waals surface area contributed by atoms with Crippen molar-refractivity contribution in [2.75, 3.05) is 25.0 Å². The molecule has 0 amide bonds. The third-order valence-corrected chi connectivity index (χ3v) is 3.75. The third kappa shape index (κ3) is 3.64. The first-order chi connectivity index (χ1) is 9.60. The van der Waals surface area contributed by atoms with Crippen molar-refractivity contribution in [3.63, 3.8) is 0 Å². The minimum absolute atomic E-state index is 0.0554. The summed E-state index contributed by atoms with van der Waals surface area (Å²) in [6.45, 7) is 1.79. The minimum atomic E-state index is -0.432. The van der Waals surface area contributed by atoms with Crippen LogP contribution in [0.2, 0.25) is 0 Å². The van der Waals surface area contributed by atoms with Gasteiger partial charge in [-0.05, 0) is 43.1 Å². The third-order valence-electron chi connectivity index (χ3n) is 3.39. The van der Waals surface area contributed by atoms with Crippen LogP contribution < -0.4 is 5.32 Å². The number of nitro benzene ring substituents is 1. The van der Waals surface area contributed by atoms with Crippen LogP contribution in [0.5, 0.6) is 0 Å². The number of rotatable bonds is 3. The van der Waals surface area contributed by atoms with Crippen LogP contribution in [0, 0.1) is 16.0 Å². The molecule has 1 aromatic carbocycles. The first-order valence-corrected chi connectivity index (χ1v) is 6.92. The van der Waals surface area contributed by atoms with E-state index in [1.807, 2.05) is 4.90 Å². The normalized spacial score (nSPS) is 18.6. The van der Waals surface area contributed by atoms with Crippen LogP contribution in [0.3, 0.4) is 0 Å². The smallest absolute Gasteiger partial charge is 0.269 e. The molecule has 0 unspecified atom stereocenters. The highest BCUT2D eigenvalue weighted by Crippen LogP contribution is 2.19. The zero-order valence-electron chi connectivity index (χ0n) is 11.0. The lowest BCUT2D eigenvalue weighted by molar-refractivity contribution is -0.384. The molecule has 108 valence electrons. The Balaban J connectivity index is 1.95. The number of nitro groups is 1. The SMILES string of the molecule is O=[N+]([O-])c1ccc(NC(=S)N2CCC[C@H](CO)C2)cc1. The highest BCUT2D eigenvalue weighted by Gasteiger charge is 2.21. The maximum absolute atomic E-state index is 10.6. The minimum Gasteiger partial charge on any atom is -0.396 e. The van der Waals surface area contributed by atoms with Gasteiger partial charge in [0.25, 0.3) is 5.69 Å². The lowest BCUT2D eigenvalue weighted by Crippen LogP contribution is -2.43. The monoisotopic (exact) mass is 295 g/mol. The van der Waals surface area contributed by atoms with Gasteiger partial charge in [0.15, 0.2) is 5.11 Å². The van der Waals surface area contributed by atoms with E-state index in [-0.39, 0.29) is 18.2 Å². The Morgan fingerprint density at radius 3 is 2.80 bits per heavy atom. The van der Waals surface area contributed by atoms with E-state index in [0.717, 1.165) is 31.6 Å². The molecule has 1 saturated heterocycles. The number of likely N-dealkylation sites (tertiary alicyclic amines) is 1. The number of thiocarbonyl (C=S) groups is 1. The van der Waals surface area contributed by atoms with Crippen LogP contribution in [0.25, 0.3) is 0 Å². The molecular formula is C13H17N3O3S. The van der Waals surface area contributed by atoms with Gasteiger partial charge in [-0.1, -0.05) is 0 Å². The summed E-state index contributed by atoms with van der Waals surface area (Å²) in [5.74, 6) is 0.264. The molecule has 7 heteroatoms. The topological polar surface area (TPSA) is 78.6 Å². The van der Waals surface area contributed by atoms with E-state index in [4.69, 9.17) is 12.2 Å². The number of anilines is 1. The van der Waals surface area contributed by atoms with Crippen molar-refractivity contribution in [1.82, 2.24) is 4.90 Å². The summed E-state index contributed by atoms with van der Waals surface area (Å²) in [6, 6.07) is 6.16. The van der Waals surface area contributed by atoms with Crippen molar-refractivity contribution >= 4 is 28.7 Å². The summed E-state index contributed by atoms with van der Waals surface area (Å²) in [4.78, 5) is 12.2. The fraction of sp³-hybridized carbons (Fsp3) is 0.462. The van der Waals surface area contributed by atoms with Crippen LogP contribution >= 0.6 is 12.2 Å². The highest BCUT2D eigenvalue weighted by molar-refractivity contribution is 7.80. The number of nitrogens with zero attached hydrogens (tertiary/aromatic N) is 2. The Morgan fingerprint density at radius 1 is 1.50 bits per heavy atom. The first-order valence-electron chi connectivity index (χ1n) is 6.51. The van der Waals surface area contributed by atoms with Crippen LogP contribution in [0.1, 0.15) is 12.8 Å². The zero-order valence-corrected chi connectivity index (χ0v) is 11.8. The van der Waals surface area contributed by atoms with E-state index in [2.05, 4.69) is 5.32 Å². The lowest BCUT2D eigenvalue weighted by atomic mass is 9.99. The molecule has 0 aliphatic carbocycles. The number of piperidine rings is 1. The van der Waals surface area contributed by atoms with Gasteiger partial charge in [0.2, 0.25) is 0 Å². The van der Waals surface area contributed by atoms with Crippen molar-refractivity contribution in [3.05, 3.63) is 34.4 Å². The lowest BCUT2D eigenvalue weighted by Gasteiger charge is -2.33. The Kier molecular flexibility index (Phi) is 4.86. The Labute approximate surface area is 122 Å². The van der Waals surface area contributed by atoms with E-state index >= 15 is 0 Å². The molecule has 1 heterocycles. The molecule has 0 saturated carbocycles. The van der Waals surface area contributed by atoms with Gasteiger partial charge in [-0.15, -0.1) is 0 Å². The Hall–Kier alpha value is -1.73. The van der Waals surface area contributed by atoms with E-state index in [0.29, 0.717) is 5.11 Å². The molecule has 0 bridgehead atoms. The molecular weight excluding hydrogens is 278 g/mol. The second kappa shape index (κ2) is 6.62. The van der Waals surface area contributed by atoms with Crippen molar-refractivity contribution in [2.24, 2.45) is 5.92 Å². The Morgan fingerprint density at radius 2 is 2.20 bits per heavy atom. The molecule has 2 N–H and O–H groups in total. The molecule has 1 fully saturated rings. The predicted octanol–water partition coefficient (Wildman–Crippen LogP) is 2.00. The fourth-order valence-corrected chi connectivity index (χ4v) is 2.55. The van der Waals surface area contributed by atoms with E-state index < -0.39 is 4.92 Å². The average molecular weight is 295 g/mol. The molecule has 0 aromatic heterocycles. The number of hydrogen-bond acceptors (Lipinski definition) is 4. The van der Waals surface area contributed by atoms with E-state index in [1.54, 1.807) is 12.1 Å². The van der Waals surface area contributed by atoms with Gasteiger partial charge in [0, 0.05) is 37.5 Å². The largest absolute Gasteiger partial charge is 0.396 e. The predicted molar refractivity (Wildman–Crippen MR) is 80.7 cm³/mol. The molecule has 2 rings (SSSR count). The van der Waals surface area contributed by atoms with Crippen molar-refractivity contribution in [1.29, 1.82) is 0 Å². The maximum Gasteiger partial charge on any atom is 0.269 e. The molecule has 1 atom stereocenters. The molecule has 1 aliphatic heterocycles. The highest BCUT2D eigenvalue weighted by atomic mass is 32.1. The van der Waals surface area contributed by atoms with Crippen LogP contribution in [0.4, 0.5) is 11.4 Å². The number of nitrogens with one attached hydrogen (secondary N) is 1. The van der Waals surface area contributed by atoms with Crippen LogP contribution in [-0.2, 0) is 0 Å². The zero-order chi connectivity index (χ0) is 14.5. The first kappa shape index (κ1) is 14.7. The van der Waals surface area contributed by atoms with Gasteiger partial charge in [-0.2, -0.15) is 0 Å². The summed E-state index contributed by atoms with van der Waals surface area (Å²) in [6.07, 6.45) is 2.03. The summed E-state index contributed by atoms with van der Waals surface area (Å²) >= 11 is 5.34. The van der Waals surface area contributed by atoms with Gasteiger partial charge in [0.1, 0.15) is 0 Å². The van der Waals surface area contributed by atoms with Gasteiger partial charge in [-0.3, -0.25) is 10.1 Å². The molecule has 1 aliphatic rings. The summed E-state index contributed by atoms with van der Waals surface area (Å²) in [7, 11) is 0. The molecule has 20 heavy (non-hydrogen) atoms. The molecule has 0 radical (unpaired) electrons. The van der Waals surface area contributed by atoms with Gasteiger partial charge in [-0.25, -0.2) is 0 Å². The van der Waals surface area contributed by atoms with E-state index in [1.165, 1.54) is 12.1 Å². The molecule has 0 spiro atoms. The second-order valence-electron chi connectivity index (χ2n) is 4.87. The van der Waals surface area contributed by atoms with Gasteiger partial charge in [0.05, 0.1) is 4.92 Å². The fourth-order valence-electron chi connectivity index (χ4n) is 2.27. The summed E-state index contributed by atoms with van der Waals surface area (Å²) in [5, 5.41) is 23.5. The quantitative estimate of drug-likeness (QED) is 0.504. The standard InChI is InChI=1S/C13H17N3O3S/c17-9-10-2-1-7-15(8-10)13(20)14-11-3-5-12(6-4-11)16(18)19/h3-6,10,17H,1-2,7-9H2,(H,14,20)/t10-/m0/s1. The molecule has 6 nitrogen and oxygen atoms in total. The van der Waals surface area contributed by atoms with Crippen LogP contribution in [-0.4, -0.2) is 39.7 Å². The number of non-ortho nitro benzene ring substituents is 1.